The highest BCUT2D eigenvalue weighted by atomic mass is 16.5. The van der Waals surface area contributed by atoms with Gasteiger partial charge in [-0.3, -0.25) is 14.8 Å². The van der Waals surface area contributed by atoms with Crippen LogP contribution in [0.5, 0.6) is 5.75 Å². The molecule has 1 aliphatic heterocycles. The van der Waals surface area contributed by atoms with E-state index in [0.29, 0.717) is 24.8 Å². The van der Waals surface area contributed by atoms with Crippen molar-refractivity contribution in [1.29, 1.82) is 0 Å². The number of aromatic nitrogens is 3. The van der Waals surface area contributed by atoms with Crippen LogP contribution in [0.4, 0.5) is 0 Å². The number of ether oxygens (including phenoxy) is 1. The van der Waals surface area contributed by atoms with E-state index in [-0.39, 0.29) is 5.91 Å². The van der Waals surface area contributed by atoms with Crippen LogP contribution in [0.15, 0.2) is 85.2 Å². The molecule has 1 amide bonds. The second kappa shape index (κ2) is 10.6. The fourth-order valence-electron chi connectivity index (χ4n) is 5.53. The van der Waals surface area contributed by atoms with Crippen molar-refractivity contribution in [2.75, 3.05) is 13.7 Å². The number of amides is 1. The third kappa shape index (κ3) is 4.80. The highest BCUT2D eigenvalue weighted by Gasteiger charge is 2.29. The van der Waals surface area contributed by atoms with Crippen molar-refractivity contribution >= 4 is 16.8 Å². The van der Waals surface area contributed by atoms with Gasteiger partial charge in [0.2, 0.25) is 0 Å². The molecular weight excluding hydrogens is 474 g/mol. The van der Waals surface area contributed by atoms with Crippen molar-refractivity contribution < 1.29 is 9.53 Å². The second-order valence-electron chi connectivity index (χ2n) is 9.80. The van der Waals surface area contributed by atoms with E-state index in [1.807, 2.05) is 36.7 Å². The minimum absolute atomic E-state index is 0.112. The first-order chi connectivity index (χ1) is 18.7. The number of fused-ring (bicyclic) bond motifs is 1. The number of carbonyl (C=O) groups excluding carboxylic acids is 1. The quantitative estimate of drug-likeness (QED) is 0.248. The topological polar surface area (TPSA) is 86.0 Å². The van der Waals surface area contributed by atoms with Crippen LogP contribution < -0.4 is 10.1 Å². The molecular formula is C31H31N5O2. The van der Waals surface area contributed by atoms with E-state index < -0.39 is 0 Å². The van der Waals surface area contributed by atoms with E-state index in [2.05, 4.69) is 73.9 Å². The van der Waals surface area contributed by atoms with Gasteiger partial charge in [-0.05, 0) is 54.3 Å². The second-order valence-corrected chi connectivity index (χ2v) is 9.80. The first-order valence-corrected chi connectivity index (χ1v) is 13.0. The molecule has 0 radical (unpaired) electrons. The van der Waals surface area contributed by atoms with Crippen LogP contribution in [-0.2, 0) is 13.1 Å². The molecule has 1 saturated heterocycles. The summed E-state index contributed by atoms with van der Waals surface area (Å²) < 4.78 is 5.34. The number of hydrogen-bond acceptors (Lipinski definition) is 4. The number of H-pyrrole nitrogens is 2. The summed E-state index contributed by atoms with van der Waals surface area (Å²) >= 11 is 0. The lowest BCUT2D eigenvalue weighted by molar-refractivity contribution is 0.0944. The zero-order chi connectivity index (χ0) is 25.9. The summed E-state index contributed by atoms with van der Waals surface area (Å²) in [6, 6.07) is 25.1. The fourth-order valence-corrected chi connectivity index (χ4v) is 5.53. The van der Waals surface area contributed by atoms with Gasteiger partial charge in [0.1, 0.15) is 11.4 Å². The van der Waals surface area contributed by atoms with E-state index in [0.717, 1.165) is 58.3 Å². The average Bonchev–Trinajstić information content (AvgIpc) is 3.73. The molecule has 192 valence electrons. The lowest BCUT2D eigenvalue weighted by Gasteiger charge is -2.25. The SMILES string of the molecule is COc1cccc(CNC(=O)c2[nH]c3cc(-c4cn[nH]c4)ccc3c2CN2CCCC2c2ccccc2)c1. The normalized spacial score (nSPS) is 15.7. The average molecular weight is 506 g/mol. The number of rotatable bonds is 8. The molecule has 3 heterocycles. The van der Waals surface area contributed by atoms with Crippen molar-refractivity contribution in [3.63, 3.8) is 0 Å². The molecule has 1 unspecified atom stereocenters. The van der Waals surface area contributed by atoms with Gasteiger partial charge >= 0.3 is 0 Å². The Labute approximate surface area is 221 Å². The maximum atomic E-state index is 13.6. The fraction of sp³-hybridized carbons (Fsp3) is 0.226. The number of hydrogen-bond donors (Lipinski definition) is 3. The molecule has 1 atom stereocenters. The summed E-state index contributed by atoms with van der Waals surface area (Å²) in [7, 11) is 1.65. The van der Waals surface area contributed by atoms with E-state index in [9.17, 15) is 4.79 Å². The number of likely N-dealkylation sites (tertiary alicyclic amines) is 1. The molecule has 38 heavy (non-hydrogen) atoms. The van der Waals surface area contributed by atoms with Crippen molar-refractivity contribution in [1.82, 2.24) is 25.4 Å². The highest BCUT2D eigenvalue weighted by Crippen LogP contribution is 2.36. The molecule has 0 spiro atoms. The minimum atomic E-state index is -0.112. The summed E-state index contributed by atoms with van der Waals surface area (Å²) in [6.07, 6.45) is 5.95. The van der Waals surface area contributed by atoms with Crippen LogP contribution in [0.1, 0.15) is 46.1 Å². The van der Waals surface area contributed by atoms with Crippen LogP contribution in [0.25, 0.3) is 22.0 Å². The molecule has 5 aromatic rings. The molecule has 2 aromatic heterocycles. The van der Waals surface area contributed by atoms with Gasteiger partial charge in [-0.2, -0.15) is 5.10 Å². The van der Waals surface area contributed by atoms with Gasteiger partial charge in [0.05, 0.1) is 13.3 Å². The van der Waals surface area contributed by atoms with Crippen LogP contribution in [0.3, 0.4) is 0 Å². The summed E-state index contributed by atoms with van der Waals surface area (Å²) in [4.78, 5) is 19.6. The molecule has 0 bridgehead atoms. The molecule has 1 fully saturated rings. The maximum absolute atomic E-state index is 13.6. The van der Waals surface area contributed by atoms with Crippen LogP contribution in [-0.4, -0.2) is 39.6 Å². The standard InChI is InChI=1S/C31H31N5O2/c1-38-25-10-5-7-21(15-25)17-32-31(37)30-27(20-36-14-6-11-29(36)22-8-3-2-4-9-22)26-13-12-23(16-28(26)35-30)24-18-33-34-19-24/h2-5,7-10,12-13,15-16,18-19,29,35H,6,11,14,17,20H2,1H3,(H,32,37)(H,33,34). The van der Waals surface area contributed by atoms with E-state index in [1.165, 1.54) is 5.56 Å². The number of methoxy groups -OCH3 is 1. The molecule has 7 heteroatoms. The number of nitrogens with one attached hydrogen (secondary N) is 3. The Bertz CT molecular complexity index is 1540. The summed E-state index contributed by atoms with van der Waals surface area (Å²) in [6.45, 7) is 2.12. The Morgan fingerprint density at radius 3 is 2.79 bits per heavy atom. The Morgan fingerprint density at radius 1 is 1.08 bits per heavy atom. The number of nitrogens with zero attached hydrogens (tertiary/aromatic N) is 2. The molecule has 3 aromatic carbocycles. The Morgan fingerprint density at radius 2 is 1.97 bits per heavy atom. The lowest BCUT2D eigenvalue weighted by atomic mass is 10.0. The van der Waals surface area contributed by atoms with E-state index in [1.54, 1.807) is 7.11 Å². The van der Waals surface area contributed by atoms with E-state index >= 15 is 0 Å². The molecule has 3 N–H and O–H groups in total. The smallest absolute Gasteiger partial charge is 0.268 e. The molecule has 0 saturated carbocycles. The molecule has 1 aliphatic rings. The van der Waals surface area contributed by atoms with Crippen molar-refractivity contribution in [3.8, 4) is 16.9 Å². The lowest BCUT2D eigenvalue weighted by Crippen LogP contribution is -2.27. The maximum Gasteiger partial charge on any atom is 0.268 e. The van der Waals surface area contributed by atoms with Crippen LogP contribution in [0, 0.1) is 0 Å². The molecule has 7 nitrogen and oxygen atoms in total. The number of benzene rings is 3. The predicted octanol–water partition coefficient (Wildman–Crippen LogP) is 5.83. The third-order valence-electron chi connectivity index (χ3n) is 7.46. The predicted molar refractivity (Wildman–Crippen MR) is 149 cm³/mol. The van der Waals surface area contributed by atoms with Gasteiger partial charge in [0.25, 0.3) is 5.91 Å². The van der Waals surface area contributed by atoms with Crippen molar-refractivity contribution in [2.24, 2.45) is 0 Å². The largest absolute Gasteiger partial charge is 0.497 e. The van der Waals surface area contributed by atoms with Crippen LogP contribution >= 0.6 is 0 Å². The Hall–Kier alpha value is -4.36. The zero-order valence-electron chi connectivity index (χ0n) is 21.4. The summed E-state index contributed by atoms with van der Waals surface area (Å²) in [5.74, 6) is 0.662. The Balaban J connectivity index is 1.33. The van der Waals surface area contributed by atoms with E-state index in [4.69, 9.17) is 4.74 Å². The zero-order valence-corrected chi connectivity index (χ0v) is 21.4. The summed E-state index contributed by atoms with van der Waals surface area (Å²) in [5.41, 5.74) is 6.97. The van der Waals surface area contributed by atoms with Crippen molar-refractivity contribution in [3.05, 3.63) is 108 Å². The summed E-state index contributed by atoms with van der Waals surface area (Å²) in [5, 5.41) is 11.2. The van der Waals surface area contributed by atoms with Gasteiger partial charge in [-0.15, -0.1) is 0 Å². The Kier molecular flexibility index (Phi) is 6.67. The van der Waals surface area contributed by atoms with Gasteiger partial charge in [-0.25, -0.2) is 0 Å². The first kappa shape index (κ1) is 24.0. The number of carbonyl (C=O) groups is 1. The first-order valence-electron chi connectivity index (χ1n) is 13.0. The third-order valence-corrected chi connectivity index (χ3v) is 7.46. The minimum Gasteiger partial charge on any atom is -0.497 e. The molecule has 6 rings (SSSR count). The highest BCUT2D eigenvalue weighted by molar-refractivity contribution is 6.01. The van der Waals surface area contributed by atoms with Crippen LogP contribution in [0.2, 0.25) is 0 Å². The van der Waals surface area contributed by atoms with Gasteiger partial charge in [-0.1, -0.05) is 54.6 Å². The van der Waals surface area contributed by atoms with Gasteiger partial charge in [0, 0.05) is 47.4 Å². The van der Waals surface area contributed by atoms with Gasteiger partial charge in [0.15, 0.2) is 0 Å². The van der Waals surface area contributed by atoms with Gasteiger partial charge < -0.3 is 15.0 Å². The molecule has 0 aliphatic carbocycles. The monoisotopic (exact) mass is 505 g/mol. The number of aromatic amines is 2. The van der Waals surface area contributed by atoms with Crippen molar-refractivity contribution in [2.45, 2.75) is 32.0 Å².